The molecule has 34 heavy (non-hydrogen) atoms. The van der Waals surface area contributed by atoms with Crippen molar-refractivity contribution >= 4 is 27.5 Å². The van der Waals surface area contributed by atoms with Gasteiger partial charge in [-0.15, -0.1) is 0 Å². The van der Waals surface area contributed by atoms with E-state index in [1.807, 2.05) is 45.0 Å². The number of amides is 2. The molecule has 0 spiro atoms. The van der Waals surface area contributed by atoms with E-state index in [0.29, 0.717) is 18.7 Å². The fourth-order valence-electron chi connectivity index (χ4n) is 3.72. The van der Waals surface area contributed by atoms with Crippen molar-refractivity contribution in [2.75, 3.05) is 30.8 Å². The SMILES string of the molecule is CCCNC(=O)[C@H](CC)N(Cc1cccc(C)c1)C(=O)CN(c1ccccc1OC)S(C)(=O)=O. The van der Waals surface area contributed by atoms with Crippen LogP contribution in [0.25, 0.3) is 0 Å². The average molecular weight is 490 g/mol. The number of hydrogen-bond donors (Lipinski definition) is 1. The molecule has 2 aromatic rings. The number of methoxy groups -OCH3 is 1. The number of aryl methyl sites for hydroxylation is 1. The molecule has 2 aromatic carbocycles. The predicted octanol–water partition coefficient (Wildman–Crippen LogP) is 3.10. The van der Waals surface area contributed by atoms with Crippen molar-refractivity contribution in [1.82, 2.24) is 10.2 Å². The zero-order chi connectivity index (χ0) is 25.3. The van der Waals surface area contributed by atoms with Crippen LogP contribution in [0.3, 0.4) is 0 Å². The average Bonchev–Trinajstić information content (AvgIpc) is 2.80. The summed E-state index contributed by atoms with van der Waals surface area (Å²) in [5, 5.41) is 2.86. The number of nitrogens with one attached hydrogen (secondary N) is 1. The molecule has 0 aromatic heterocycles. The molecule has 1 N–H and O–H groups in total. The third-order valence-electron chi connectivity index (χ3n) is 5.40. The van der Waals surface area contributed by atoms with E-state index in [4.69, 9.17) is 4.74 Å². The van der Waals surface area contributed by atoms with Crippen molar-refractivity contribution in [3.05, 3.63) is 59.7 Å². The van der Waals surface area contributed by atoms with Crippen LogP contribution >= 0.6 is 0 Å². The molecule has 0 aliphatic heterocycles. The first kappa shape index (κ1) is 27.2. The van der Waals surface area contributed by atoms with Crippen LogP contribution in [-0.4, -0.2) is 57.6 Å². The van der Waals surface area contributed by atoms with Gasteiger partial charge in [0.05, 0.1) is 19.1 Å². The topological polar surface area (TPSA) is 96.0 Å². The summed E-state index contributed by atoms with van der Waals surface area (Å²) in [5.41, 5.74) is 2.15. The van der Waals surface area contributed by atoms with Crippen LogP contribution in [0, 0.1) is 6.92 Å². The van der Waals surface area contributed by atoms with Gasteiger partial charge in [0.15, 0.2) is 0 Å². The molecule has 0 heterocycles. The Kier molecular flexibility index (Phi) is 9.92. The summed E-state index contributed by atoms with van der Waals surface area (Å²) in [6.45, 7) is 5.96. The third-order valence-corrected chi connectivity index (χ3v) is 6.53. The third kappa shape index (κ3) is 7.21. The largest absolute Gasteiger partial charge is 0.495 e. The van der Waals surface area contributed by atoms with Crippen molar-refractivity contribution in [3.8, 4) is 5.75 Å². The van der Waals surface area contributed by atoms with Crippen LogP contribution in [0.4, 0.5) is 5.69 Å². The van der Waals surface area contributed by atoms with Crippen LogP contribution in [0.15, 0.2) is 48.5 Å². The monoisotopic (exact) mass is 489 g/mol. The number of benzene rings is 2. The van der Waals surface area contributed by atoms with Gasteiger partial charge in [-0.3, -0.25) is 13.9 Å². The molecule has 0 fully saturated rings. The zero-order valence-corrected chi connectivity index (χ0v) is 21.4. The van der Waals surface area contributed by atoms with Gasteiger partial charge in [-0.2, -0.15) is 0 Å². The number of ether oxygens (including phenoxy) is 1. The van der Waals surface area contributed by atoms with Gasteiger partial charge in [0.1, 0.15) is 18.3 Å². The Bertz CT molecular complexity index is 1090. The van der Waals surface area contributed by atoms with E-state index >= 15 is 0 Å². The van der Waals surface area contributed by atoms with Crippen molar-refractivity contribution in [2.24, 2.45) is 0 Å². The molecule has 0 radical (unpaired) electrons. The van der Waals surface area contributed by atoms with Crippen molar-refractivity contribution in [1.29, 1.82) is 0 Å². The summed E-state index contributed by atoms with van der Waals surface area (Å²) < 4.78 is 31.7. The summed E-state index contributed by atoms with van der Waals surface area (Å²) in [4.78, 5) is 28.0. The molecule has 186 valence electrons. The number of rotatable bonds is 12. The summed E-state index contributed by atoms with van der Waals surface area (Å²) in [6.07, 6.45) is 2.20. The highest BCUT2D eigenvalue weighted by atomic mass is 32.2. The van der Waals surface area contributed by atoms with Crippen molar-refractivity contribution < 1.29 is 22.7 Å². The standard InChI is InChI=1S/C25H35N3O5S/c1-6-15-26-25(30)21(7-2)27(17-20-12-10-11-19(3)16-20)24(29)18-28(34(5,31)32)22-13-8-9-14-23(22)33-4/h8-14,16,21H,6-7,15,17-18H2,1-5H3,(H,26,30)/t21-/m0/s1. The minimum Gasteiger partial charge on any atom is -0.495 e. The molecule has 2 rings (SSSR count). The smallest absolute Gasteiger partial charge is 0.244 e. The lowest BCUT2D eigenvalue weighted by atomic mass is 10.1. The van der Waals surface area contributed by atoms with Gasteiger partial charge in [0.25, 0.3) is 0 Å². The molecule has 8 nitrogen and oxygen atoms in total. The molecule has 0 bridgehead atoms. The van der Waals surface area contributed by atoms with E-state index in [1.54, 1.807) is 24.3 Å². The first-order chi connectivity index (χ1) is 16.1. The minimum atomic E-state index is -3.82. The lowest BCUT2D eigenvalue weighted by molar-refractivity contribution is -0.140. The molecule has 2 amide bonds. The second kappa shape index (κ2) is 12.4. The van der Waals surface area contributed by atoms with Crippen LogP contribution in [0.5, 0.6) is 5.75 Å². The second-order valence-corrected chi connectivity index (χ2v) is 10.1. The number of hydrogen-bond acceptors (Lipinski definition) is 5. The van der Waals surface area contributed by atoms with Gasteiger partial charge in [-0.1, -0.05) is 55.8 Å². The summed E-state index contributed by atoms with van der Waals surface area (Å²) in [5.74, 6) is -0.399. The Morgan fingerprint density at radius 2 is 1.79 bits per heavy atom. The second-order valence-electron chi connectivity index (χ2n) is 8.17. The number of anilines is 1. The Morgan fingerprint density at radius 3 is 2.38 bits per heavy atom. The number of sulfonamides is 1. The van der Waals surface area contributed by atoms with Crippen LogP contribution in [-0.2, 0) is 26.2 Å². The fourth-order valence-corrected chi connectivity index (χ4v) is 4.58. The maximum Gasteiger partial charge on any atom is 0.244 e. The molecule has 1 atom stereocenters. The predicted molar refractivity (Wildman–Crippen MR) is 134 cm³/mol. The Hall–Kier alpha value is -3.07. The molecule has 0 aliphatic carbocycles. The fraction of sp³-hybridized carbons (Fsp3) is 0.440. The van der Waals surface area contributed by atoms with Crippen LogP contribution in [0.2, 0.25) is 0 Å². The normalized spacial score (nSPS) is 12.0. The summed E-state index contributed by atoms with van der Waals surface area (Å²) in [7, 11) is -2.38. The molecule has 0 saturated carbocycles. The van der Waals surface area contributed by atoms with E-state index < -0.39 is 28.5 Å². The number of nitrogens with zero attached hydrogens (tertiary/aromatic N) is 2. The van der Waals surface area contributed by atoms with Gasteiger partial charge in [0.2, 0.25) is 21.8 Å². The molecule has 0 saturated heterocycles. The first-order valence-electron chi connectivity index (χ1n) is 11.4. The van der Waals surface area contributed by atoms with Crippen LogP contribution in [0.1, 0.15) is 37.8 Å². The molecule has 0 aliphatic rings. The van der Waals surface area contributed by atoms with Gasteiger partial charge >= 0.3 is 0 Å². The highest BCUT2D eigenvalue weighted by Crippen LogP contribution is 2.29. The molecular weight excluding hydrogens is 454 g/mol. The molecule has 0 unspecified atom stereocenters. The van der Waals surface area contributed by atoms with Gasteiger partial charge in [0, 0.05) is 13.1 Å². The van der Waals surface area contributed by atoms with E-state index in [-0.39, 0.29) is 18.1 Å². The van der Waals surface area contributed by atoms with E-state index in [0.717, 1.165) is 28.1 Å². The van der Waals surface area contributed by atoms with Crippen LogP contribution < -0.4 is 14.4 Å². The lowest BCUT2D eigenvalue weighted by Gasteiger charge is -2.33. The van der Waals surface area contributed by atoms with E-state index in [9.17, 15) is 18.0 Å². The molecule has 9 heteroatoms. The number of carbonyl (C=O) groups is 2. The quantitative estimate of drug-likeness (QED) is 0.494. The summed E-state index contributed by atoms with van der Waals surface area (Å²) >= 11 is 0. The van der Waals surface area contributed by atoms with Gasteiger partial charge in [-0.25, -0.2) is 8.42 Å². The van der Waals surface area contributed by atoms with E-state index in [1.165, 1.54) is 12.0 Å². The Labute approximate surface area is 202 Å². The highest BCUT2D eigenvalue weighted by molar-refractivity contribution is 7.92. The van der Waals surface area contributed by atoms with E-state index in [2.05, 4.69) is 5.32 Å². The first-order valence-corrected chi connectivity index (χ1v) is 13.2. The Morgan fingerprint density at radius 1 is 1.09 bits per heavy atom. The summed E-state index contributed by atoms with van der Waals surface area (Å²) in [6, 6.07) is 13.6. The maximum absolute atomic E-state index is 13.6. The van der Waals surface area contributed by atoms with Crippen molar-refractivity contribution in [3.63, 3.8) is 0 Å². The minimum absolute atomic E-state index is 0.183. The number of carbonyl (C=O) groups excluding carboxylic acids is 2. The maximum atomic E-state index is 13.6. The zero-order valence-electron chi connectivity index (χ0n) is 20.6. The van der Waals surface area contributed by atoms with Gasteiger partial charge < -0.3 is 15.0 Å². The highest BCUT2D eigenvalue weighted by Gasteiger charge is 2.32. The van der Waals surface area contributed by atoms with Gasteiger partial charge in [-0.05, 0) is 37.5 Å². The molecular formula is C25H35N3O5S. The Balaban J connectivity index is 2.46. The van der Waals surface area contributed by atoms with Crippen molar-refractivity contribution in [2.45, 2.75) is 46.2 Å². The number of para-hydroxylation sites is 2. The lowest BCUT2D eigenvalue weighted by Crippen LogP contribution is -2.52.